The van der Waals surface area contributed by atoms with Crippen molar-refractivity contribution in [3.63, 3.8) is 0 Å². The molecule has 7 heteroatoms. The molecule has 0 bridgehead atoms. The maximum Gasteiger partial charge on any atom is 0.334 e. The van der Waals surface area contributed by atoms with Crippen molar-refractivity contribution in [2.24, 2.45) is 5.92 Å². The fourth-order valence-electron chi connectivity index (χ4n) is 1.87. The second-order valence-electron chi connectivity index (χ2n) is 4.45. The second kappa shape index (κ2) is 7.17. The van der Waals surface area contributed by atoms with Crippen LogP contribution in [0.2, 0.25) is 0 Å². The van der Waals surface area contributed by atoms with Gasteiger partial charge in [-0.25, -0.2) is 9.59 Å². The molecule has 0 aromatic rings. The Bertz CT molecular complexity index is 291. The summed E-state index contributed by atoms with van der Waals surface area (Å²) in [5.41, 5.74) is 0. The van der Waals surface area contributed by atoms with Crippen LogP contribution < -0.4 is 10.6 Å². The number of aliphatic hydroxyl groups excluding tert-OH is 1. The molecule has 0 aromatic carbocycles. The molecule has 4 N–H and O–H groups in total. The molecule has 1 aliphatic heterocycles. The number of aliphatic carboxylic acids is 1. The topological polar surface area (TPSA) is 108 Å². The van der Waals surface area contributed by atoms with Gasteiger partial charge in [0, 0.05) is 19.3 Å². The molecule has 0 radical (unpaired) electrons. The minimum atomic E-state index is -1.57. The van der Waals surface area contributed by atoms with Crippen molar-refractivity contribution in [2.75, 3.05) is 19.8 Å². The summed E-state index contributed by atoms with van der Waals surface area (Å²) < 4.78 is 5.23. The Labute approximate surface area is 106 Å². The largest absolute Gasteiger partial charge is 0.479 e. The number of hydrogen-bond acceptors (Lipinski definition) is 4. The number of urea groups is 1. The highest BCUT2D eigenvalue weighted by molar-refractivity contribution is 5.76. The normalized spacial score (nSPS) is 19.9. The summed E-state index contributed by atoms with van der Waals surface area (Å²) in [6, 6.07) is -0.467. The van der Waals surface area contributed by atoms with E-state index < -0.39 is 18.1 Å². The third-order valence-corrected chi connectivity index (χ3v) is 3.07. The number of hydrogen-bond donors (Lipinski definition) is 4. The zero-order chi connectivity index (χ0) is 13.5. The fourth-order valence-corrected chi connectivity index (χ4v) is 1.87. The van der Waals surface area contributed by atoms with Crippen molar-refractivity contribution in [2.45, 2.75) is 31.9 Å². The number of carbonyl (C=O) groups excluding carboxylic acids is 1. The SMILES string of the molecule is CC(NC(=O)NCC(O)C(=O)O)C1CCOCC1. The smallest absolute Gasteiger partial charge is 0.334 e. The van der Waals surface area contributed by atoms with Gasteiger partial charge in [-0.1, -0.05) is 0 Å². The van der Waals surface area contributed by atoms with E-state index in [4.69, 9.17) is 14.9 Å². The molecule has 1 saturated heterocycles. The highest BCUT2D eigenvalue weighted by atomic mass is 16.5. The zero-order valence-electron chi connectivity index (χ0n) is 10.4. The van der Waals surface area contributed by atoms with Gasteiger partial charge in [0.15, 0.2) is 6.10 Å². The van der Waals surface area contributed by atoms with E-state index in [9.17, 15) is 9.59 Å². The van der Waals surface area contributed by atoms with Crippen LogP contribution in [0.25, 0.3) is 0 Å². The molecule has 7 nitrogen and oxygen atoms in total. The van der Waals surface area contributed by atoms with E-state index in [-0.39, 0.29) is 12.6 Å². The summed E-state index contributed by atoms with van der Waals surface area (Å²) in [7, 11) is 0. The molecule has 0 saturated carbocycles. The fraction of sp³-hybridized carbons (Fsp3) is 0.818. The molecule has 1 heterocycles. The van der Waals surface area contributed by atoms with E-state index >= 15 is 0 Å². The summed E-state index contributed by atoms with van der Waals surface area (Å²) in [5.74, 6) is -0.985. The summed E-state index contributed by atoms with van der Waals surface area (Å²) in [5, 5.41) is 22.5. The van der Waals surface area contributed by atoms with Gasteiger partial charge in [0.25, 0.3) is 0 Å². The average Bonchev–Trinajstić information content (AvgIpc) is 2.36. The molecule has 0 aromatic heterocycles. The van der Waals surface area contributed by atoms with E-state index in [2.05, 4.69) is 10.6 Å². The molecular weight excluding hydrogens is 240 g/mol. The molecule has 1 fully saturated rings. The van der Waals surface area contributed by atoms with E-state index in [1.807, 2.05) is 6.92 Å². The van der Waals surface area contributed by atoms with Crippen molar-refractivity contribution < 1.29 is 24.5 Å². The Kier molecular flexibility index (Phi) is 5.87. The van der Waals surface area contributed by atoms with Crippen LogP contribution in [0.3, 0.4) is 0 Å². The number of nitrogens with one attached hydrogen (secondary N) is 2. The maximum absolute atomic E-state index is 11.5. The van der Waals surface area contributed by atoms with Gasteiger partial charge in [0.05, 0.1) is 6.54 Å². The van der Waals surface area contributed by atoms with Gasteiger partial charge >= 0.3 is 12.0 Å². The van der Waals surface area contributed by atoms with Crippen LogP contribution >= 0.6 is 0 Å². The van der Waals surface area contributed by atoms with Gasteiger partial charge in [-0.15, -0.1) is 0 Å². The Hall–Kier alpha value is -1.34. The molecule has 2 amide bonds. The monoisotopic (exact) mass is 260 g/mol. The van der Waals surface area contributed by atoms with Crippen molar-refractivity contribution in [1.82, 2.24) is 10.6 Å². The van der Waals surface area contributed by atoms with Crippen LogP contribution in [-0.2, 0) is 9.53 Å². The quantitative estimate of drug-likeness (QED) is 0.535. The summed E-state index contributed by atoms with van der Waals surface area (Å²) >= 11 is 0. The molecule has 1 rings (SSSR count). The number of ether oxygens (including phenoxy) is 1. The first kappa shape index (κ1) is 14.7. The summed E-state index contributed by atoms with van der Waals surface area (Å²) in [6.07, 6.45) is 0.229. The van der Waals surface area contributed by atoms with Crippen LogP contribution in [0.15, 0.2) is 0 Å². The van der Waals surface area contributed by atoms with Gasteiger partial charge in [-0.05, 0) is 25.7 Å². The lowest BCUT2D eigenvalue weighted by Crippen LogP contribution is -2.47. The van der Waals surface area contributed by atoms with Gasteiger partial charge < -0.3 is 25.6 Å². The van der Waals surface area contributed by atoms with Gasteiger partial charge in [-0.3, -0.25) is 0 Å². The van der Waals surface area contributed by atoms with Crippen LogP contribution in [0.4, 0.5) is 4.79 Å². The predicted molar refractivity (Wildman–Crippen MR) is 63.2 cm³/mol. The van der Waals surface area contributed by atoms with Gasteiger partial charge in [0.2, 0.25) is 0 Å². The third-order valence-electron chi connectivity index (χ3n) is 3.07. The summed E-state index contributed by atoms with van der Waals surface area (Å²) in [6.45, 7) is 3.01. The summed E-state index contributed by atoms with van der Waals surface area (Å²) in [4.78, 5) is 21.8. The van der Waals surface area contributed by atoms with Crippen molar-refractivity contribution in [3.05, 3.63) is 0 Å². The van der Waals surface area contributed by atoms with Gasteiger partial charge in [-0.2, -0.15) is 0 Å². The number of carboxylic acid groups (broad SMARTS) is 1. The van der Waals surface area contributed by atoms with Crippen molar-refractivity contribution in [1.29, 1.82) is 0 Å². The van der Waals surface area contributed by atoms with Crippen LogP contribution in [0.5, 0.6) is 0 Å². The molecular formula is C11H20N2O5. The molecule has 2 unspecified atom stereocenters. The lowest BCUT2D eigenvalue weighted by Gasteiger charge is -2.28. The van der Waals surface area contributed by atoms with Gasteiger partial charge in [0.1, 0.15) is 0 Å². The van der Waals surface area contributed by atoms with Crippen LogP contribution in [0, 0.1) is 5.92 Å². The Morgan fingerprint density at radius 3 is 2.56 bits per heavy atom. The number of aliphatic hydroxyl groups is 1. The molecule has 0 aliphatic carbocycles. The molecule has 104 valence electrons. The average molecular weight is 260 g/mol. The first-order chi connectivity index (χ1) is 8.50. The highest BCUT2D eigenvalue weighted by Gasteiger charge is 2.22. The van der Waals surface area contributed by atoms with E-state index in [0.29, 0.717) is 19.1 Å². The maximum atomic E-state index is 11.5. The predicted octanol–water partition coefficient (Wildman–Crippen LogP) is -0.454. The zero-order valence-corrected chi connectivity index (χ0v) is 10.4. The number of amides is 2. The number of carboxylic acids is 1. The molecule has 18 heavy (non-hydrogen) atoms. The number of carbonyl (C=O) groups is 2. The van der Waals surface area contributed by atoms with E-state index in [1.165, 1.54) is 0 Å². The second-order valence-corrected chi connectivity index (χ2v) is 4.45. The molecule has 1 aliphatic rings. The number of rotatable bonds is 5. The highest BCUT2D eigenvalue weighted by Crippen LogP contribution is 2.18. The molecule has 2 atom stereocenters. The van der Waals surface area contributed by atoms with E-state index in [1.54, 1.807) is 0 Å². The standard InChI is InChI=1S/C11H20N2O5/c1-7(8-2-4-18-5-3-8)13-11(17)12-6-9(14)10(15)16/h7-9,14H,2-6H2,1H3,(H,15,16)(H2,12,13,17). The minimum Gasteiger partial charge on any atom is -0.479 e. The third kappa shape index (κ3) is 4.89. The van der Waals surface area contributed by atoms with Crippen molar-refractivity contribution in [3.8, 4) is 0 Å². The lowest BCUT2D eigenvalue weighted by molar-refractivity contribution is -0.146. The molecule has 0 spiro atoms. The van der Waals surface area contributed by atoms with Crippen LogP contribution in [-0.4, -0.2) is 54.1 Å². The minimum absolute atomic E-state index is 0.00382. The van der Waals surface area contributed by atoms with Crippen LogP contribution in [0.1, 0.15) is 19.8 Å². The lowest BCUT2D eigenvalue weighted by atomic mass is 9.93. The Morgan fingerprint density at radius 2 is 2.00 bits per heavy atom. The van der Waals surface area contributed by atoms with Crippen molar-refractivity contribution >= 4 is 12.0 Å². The Morgan fingerprint density at radius 1 is 1.39 bits per heavy atom. The first-order valence-corrected chi connectivity index (χ1v) is 6.03. The van der Waals surface area contributed by atoms with E-state index in [0.717, 1.165) is 12.8 Å². The Balaban J connectivity index is 2.24. The first-order valence-electron chi connectivity index (χ1n) is 6.03.